The molecule has 1 atom stereocenters. The van der Waals surface area contributed by atoms with Gasteiger partial charge in [0.1, 0.15) is 0 Å². The van der Waals surface area contributed by atoms with Crippen molar-refractivity contribution in [3.8, 4) is 0 Å². The van der Waals surface area contributed by atoms with Crippen LogP contribution in [0, 0.1) is 18.3 Å². The summed E-state index contributed by atoms with van der Waals surface area (Å²) < 4.78 is 5.08. The van der Waals surface area contributed by atoms with Crippen LogP contribution in [0.25, 0.3) is 0 Å². The number of aryl methyl sites for hydroxylation is 3. The molecule has 0 aromatic carbocycles. The fourth-order valence-corrected chi connectivity index (χ4v) is 4.47. The Balaban J connectivity index is 1.51. The molecule has 2 aromatic heterocycles. The maximum absolute atomic E-state index is 12.4. The summed E-state index contributed by atoms with van der Waals surface area (Å²) in [5.41, 5.74) is 1.71. The summed E-state index contributed by atoms with van der Waals surface area (Å²) in [5, 5.41) is 6.77. The summed E-state index contributed by atoms with van der Waals surface area (Å²) in [6, 6.07) is 2.11. The number of carbonyl (C=O) groups is 1. The van der Waals surface area contributed by atoms with Gasteiger partial charge in [-0.05, 0) is 55.6 Å². The molecule has 136 valence electrons. The van der Waals surface area contributed by atoms with Crippen LogP contribution < -0.4 is 5.32 Å². The van der Waals surface area contributed by atoms with Crippen molar-refractivity contribution >= 4 is 17.2 Å². The number of hydrogen-bond acceptors (Lipinski definition) is 5. The molecule has 0 saturated heterocycles. The van der Waals surface area contributed by atoms with E-state index in [1.54, 1.807) is 18.3 Å². The minimum atomic E-state index is 0.0356. The second-order valence-electron chi connectivity index (χ2n) is 7.96. The molecule has 3 rings (SSSR count). The minimum absolute atomic E-state index is 0.0356. The van der Waals surface area contributed by atoms with Crippen LogP contribution in [-0.4, -0.2) is 22.6 Å². The van der Waals surface area contributed by atoms with Gasteiger partial charge in [0.2, 0.25) is 5.89 Å². The van der Waals surface area contributed by atoms with E-state index < -0.39 is 0 Å². The maximum Gasteiger partial charge on any atom is 0.261 e. The van der Waals surface area contributed by atoms with Crippen molar-refractivity contribution in [1.29, 1.82) is 0 Å². The molecule has 1 aliphatic rings. The molecule has 0 aliphatic heterocycles. The van der Waals surface area contributed by atoms with Gasteiger partial charge in [-0.1, -0.05) is 25.9 Å². The first-order chi connectivity index (χ1) is 11.8. The third-order valence-electron chi connectivity index (χ3n) is 4.95. The van der Waals surface area contributed by atoms with Crippen molar-refractivity contribution in [1.82, 2.24) is 15.5 Å². The van der Waals surface area contributed by atoms with Gasteiger partial charge in [0.05, 0.1) is 4.88 Å². The second-order valence-corrected chi connectivity index (χ2v) is 9.10. The standard InChI is InChI=1S/C19H27N3O2S/c1-12-21-17(24-22-12)6-5-9-20-18(23)16-11-13-10-14(19(2,3)4)7-8-15(13)25-16/h11,14H,5-10H2,1-4H3,(H,20,23)/t14-/m1/s1. The lowest BCUT2D eigenvalue weighted by Crippen LogP contribution is -2.26. The molecule has 0 fully saturated rings. The first-order valence-electron chi connectivity index (χ1n) is 9.02. The quantitative estimate of drug-likeness (QED) is 0.819. The Kier molecular flexibility index (Phi) is 5.27. The van der Waals surface area contributed by atoms with E-state index >= 15 is 0 Å². The summed E-state index contributed by atoms with van der Waals surface area (Å²) in [5.74, 6) is 2.01. The smallest absolute Gasteiger partial charge is 0.261 e. The molecular weight excluding hydrogens is 334 g/mol. The Bertz CT molecular complexity index is 742. The summed E-state index contributed by atoms with van der Waals surface area (Å²) >= 11 is 1.66. The van der Waals surface area contributed by atoms with E-state index in [9.17, 15) is 4.79 Å². The first-order valence-corrected chi connectivity index (χ1v) is 9.83. The highest BCUT2D eigenvalue weighted by molar-refractivity contribution is 7.14. The van der Waals surface area contributed by atoms with Crippen LogP contribution in [0.3, 0.4) is 0 Å². The van der Waals surface area contributed by atoms with E-state index in [1.165, 1.54) is 16.9 Å². The zero-order valence-electron chi connectivity index (χ0n) is 15.5. The van der Waals surface area contributed by atoms with Crippen LogP contribution in [0.15, 0.2) is 10.6 Å². The zero-order chi connectivity index (χ0) is 18.0. The van der Waals surface area contributed by atoms with Crippen molar-refractivity contribution in [2.75, 3.05) is 6.54 Å². The molecule has 2 aromatic rings. The van der Waals surface area contributed by atoms with Crippen LogP contribution in [0.2, 0.25) is 0 Å². The monoisotopic (exact) mass is 361 g/mol. The molecule has 0 bridgehead atoms. The van der Waals surface area contributed by atoms with E-state index in [0.29, 0.717) is 36.0 Å². The van der Waals surface area contributed by atoms with Crippen molar-refractivity contribution in [3.05, 3.63) is 33.1 Å². The first kappa shape index (κ1) is 18.1. The Labute approximate surface area is 153 Å². The van der Waals surface area contributed by atoms with E-state index in [1.807, 2.05) is 0 Å². The Morgan fingerprint density at radius 2 is 2.24 bits per heavy atom. The van der Waals surface area contributed by atoms with Gasteiger partial charge in [0.15, 0.2) is 5.82 Å². The van der Waals surface area contributed by atoms with Gasteiger partial charge in [-0.2, -0.15) is 4.98 Å². The lowest BCUT2D eigenvalue weighted by molar-refractivity contribution is 0.0957. The number of nitrogens with one attached hydrogen (secondary N) is 1. The second kappa shape index (κ2) is 7.28. The number of thiophene rings is 1. The maximum atomic E-state index is 12.4. The summed E-state index contributed by atoms with van der Waals surface area (Å²) in [6.45, 7) is 9.36. The number of aromatic nitrogens is 2. The molecule has 5 nitrogen and oxygen atoms in total. The SMILES string of the molecule is Cc1noc(CCCNC(=O)c2cc3c(s2)CC[C@@H](C(C)(C)C)C3)n1. The van der Waals surface area contributed by atoms with Gasteiger partial charge < -0.3 is 9.84 Å². The van der Waals surface area contributed by atoms with Gasteiger partial charge in [-0.15, -0.1) is 11.3 Å². The molecule has 25 heavy (non-hydrogen) atoms. The lowest BCUT2D eigenvalue weighted by Gasteiger charge is -2.33. The minimum Gasteiger partial charge on any atom is -0.351 e. The fraction of sp³-hybridized carbons (Fsp3) is 0.632. The lowest BCUT2D eigenvalue weighted by atomic mass is 9.72. The summed E-state index contributed by atoms with van der Waals surface area (Å²) in [4.78, 5) is 18.8. The molecule has 6 heteroatoms. The number of carbonyl (C=O) groups excluding carboxylic acids is 1. The predicted molar refractivity (Wildman–Crippen MR) is 99.0 cm³/mol. The third-order valence-corrected chi connectivity index (χ3v) is 6.19. The molecular formula is C19H27N3O2S. The molecule has 0 saturated carbocycles. The predicted octanol–water partition coefficient (Wildman–Crippen LogP) is 3.95. The normalized spacial score (nSPS) is 17.4. The van der Waals surface area contributed by atoms with Crippen molar-refractivity contribution in [2.45, 2.75) is 59.8 Å². The molecule has 0 unspecified atom stereocenters. The molecule has 1 aliphatic carbocycles. The van der Waals surface area contributed by atoms with E-state index in [0.717, 1.165) is 24.1 Å². The molecule has 2 heterocycles. The highest BCUT2D eigenvalue weighted by atomic mass is 32.1. The van der Waals surface area contributed by atoms with Crippen molar-refractivity contribution in [2.24, 2.45) is 11.3 Å². The van der Waals surface area contributed by atoms with Crippen molar-refractivity contribution < 1.29 is 9.32 Å². The Morgan fingerprint density at radius 3 is 2.92 bits per heavy atom. The Morgan fingerprint density at radius 1 is 1.44 bits per heavy atom. The number of rotatable bonds is 5. The topological polar surface area (TPSA) is 68.0 Å². The van der Waals surface area contributed by atoms with Crippen LogP contribution in [-0.2, 0) is 19.3 Å². The van der Waals surface area contributed by atoms with Gasteiger partial charge in [0.25, 0.3) is 5.91 Å². The van der Waals surface area contributed by atoms with Crippen LogP contribution in [0.1, 0.15) is 65.4 Å². The summed E-state index contributed by atoms with van der Waals surface area (Å²) in [7, 11) is 0. The van der Waals surface area contributed by atoms with Crippen LogP contribution >= 0.6 is 11.3 Å². The number of amides is 1. The van der Waals surface area contributed by atoms with E-state index in [4.69, 9.17) is 4.52 Å². The fourth-order valence-electron chi connectivity index (χ4n) is 3.34. The highest BCUT2D eigenvalue weighted by Crippen LogP contribution is 2.40. The largest absolute Gasteiger partial charge is 0.351 e. The number of nitrogens with zero attached hydrogens (tertiary/aromatic N) is 2. The average molecular weight is 362 g/mol. The third kappa shape index (κ3) is 4.48. The molecule has 1 amide bonds. The van der Waals surface area contributed by atoms with Crippen LogP contribution in [0.4, 0.5) is 0 Å². The zero-order valence-corrected chi connectivity index (χ0v) is 16.3. The van der Waals surface area contributed by atoms with Gasteiger partial charge in [-0.25, -0.2) is 0 Å². The van der Waals surface area contributed by atoms with Gasteiger partial charge in [0, 0.05) is 17.8 Å². The Hall–Kier alpha value is -1.69. The van der Waals surface area contributed by atoms with Crippen LogP contribution in [0.5, 0.6) is 0 Å². The van der Waals surface area contributed by atoms with Crippen molar-refractivity contribution in [3.63, 3.8) is 0 Å². The average Bonchev–Trinajstić information content (AvgIpc) is 3.15. The number of hydrogen-bond donors (Lipinski definition) is 1. The van der Waals surface area contributed by atoms with E-state index in [-0.39, 0.29) is 5.91 Å². The van der Waals surface area contributed by atoms with Gasteiger partial charge in [-0.3, -0.25) is 4.79 Å². The molecule has 0 spiro atoms. The van der Waals surface area contributed by atoms with E-state index in [2.05, 4.69) is 42.3 Å². The molecule has 1 N–H and O–H groups in total. The molecule has 0 radical (unpaired) electrons. The highest BCUT2D eigenvalue weighted by Gasteiger charge is 2.30. The summed E-state index contributed by atoms with van der Waals surface area (Å²) in [6.07, 6.45) is 4.91. The van der Waals surface area contributed by atoms with Gasteiger partial charge >= 0.3 is 0 Å². The number of fused-ring (bicyclic) bond motifs is 1.